The summed E-state index contributed by atoms with van der Waals surface area (Å²) >= 11 is 0. The summed E-state index contributed by atoms with van der Waals surface area (Å²) in [6.45, 7) is -0.843. The van der Waals surface area contributed by atoms with Gasteiger partial charge in [0.15, 0.2) is 11.7 Å². The first-order valence-electron chi connectivity index (χ1n) is 6.64. The third-order valence-corrected chi connectivity index (χ3v) is 2.79. The van der Waals surface area contributed by atoms with Crippen molar-refractivity contribution in [2.45, 2.75) is 42.9 Å². The number of carbonyl (C=O) groups is 4. The maximum Gasteiger partial charge on any atom is 1.00 e. The second-order valence-corrected chi connectivity index (χ2v) is 4.99. The van der Waals surface area contributed by atoms with Crippen LogP contribution in [-0.4, -0.2) is 112 Å². The SMILES string of the molecule is O=C(O)CC(O)(CC(=O)O)C(=O)O.O=C(O)[C@H](O)[C@@H](O)[C@H](O)[C@H](O)CO.[H-].[H-].[Na+].[Na+]. The third-order valence-electron chi connectivity index (χ3n) is 2.79. The van der Waals surface area contributed by atoms with Crippen molar-refractivity contribution in [2.75, 3.05) is 6.61 Å². The Morgan fingerprint density at radius 3 is 1.36 bits per heavy atom. The van der Waals surface area contributed by atoms with Crippen molar-refractivity contribution >= 4 is 23.9 Å². The number of aliphatic hydroxyl groups is 6. The predicted octanol–water partition coefficient (Wildman–Crippen LogP) is -10.5. The molecule has 16 heteroatoms. The predicted molar refractivity (Wildman–Crippen MR) is 78.1 cm³/mol. The van der Waals surface area contributed by atoms with Crippen molar-refractivity contribution in [1.29, 1.82) is 0 Å². The Labute approximate surface area is 204 Å². The quantitative estimate of drug-likeness (QED) is 0.142. The number of carboxylic acid groups (broad SMARTS) is 4. The van der Waals surface area contributed by atoms with E-state index in [0.29, 0.717) is 0 Å². The smallest absolute Gasteiger partial charge is 1.00 e. The minimum absolute atomic E-state index is 0. The van der Waals surface area contributed by atoms with Gasteiger partial charge in [-0.15, -0.1) is 0 Å². The number of rotatable bonds is 10. The molecular weight excluding hydrogens is 414 g/mol. The zero-order chi connectivity index (χ0) is 21.2. The molecular formula is C12H22Na2O14. The molecule has 0 unspecified atom stereocenters. The van der Waals surface area contributed by atoms with Gasteiger partial charge in [0.05, 0.1) is 19.4 Å². The van der Waals surface area contributed by atoms with Crippen LogP contribution in [0, 0.1) is 0 Å². The van der Waals surface area contributed by atoms with E-state index in [4.69, 9.17) is 51.1 Å². The van der Waals surface area contributed by atoms with E-state index in [1.165, 1.54) is 0 Å². The van der Waals surface area contributed by atoms with Gasteiger partial charge < -0.3 is 53.9 Å². The maximum atomic E-state index is 10.3. The molecule has 0 saturated heterocycles. The summed E-state index contributed by atoms with van der Waals surface area (Å²) in [4.78, 5) is 40.6. The van der Waals surface area contributed by atoms with Crippen molar-refractivity contribution < 1.29 is 132 Å². The normalized spacial score (nSPS) is 14.5. The molecule has 0 aromatic heterocycles. The number of carboxylic acids is 4. The van der Waals surface area contributed by atoms with Gasteiger partial charge in [-0.3, -0.25) is 9.59 Å². The van der Waals surface area contributed by atoms with Gasteiger partial charge in [-0.1, -0.05) is 0 Å². The van der Waals surface area contributed by atoms with Crippen LogP contribution in [0.4, 0.5) is 0 Å². The second kappa shape index (κ2) is 16.4. The van der Waals surface area contributed by atoms with Crippen molar-refractivity contribution in [3.8, 4) is 0 Å². The number of hydrogen-bond donors (Lipinski definition) is 10. The fourth-order valence-corrected chi connectivity index (χ4v) is 1.38. The zero-order valence-electron chi connectivity index (χ0n) is 17.0. The summed E-state index contributed by atoms with van der Waals surface area (Å²) in [7, 11) is 0. The van der Waals surface area contributed by atoms with Crippen molar-refractivity contribution in [1.82, 2.24) is 0 Å². The van der Waals surface area contributed by atoms with E-state index < -0.39 is 73.3 Å². The second-order valence-electron chi connectivity index (χ2n) is 4.99. The molecule has 0 aliphatic rings. The third kappa shape index (κ3) is 13.8. The van der Waals surface area contributed by atoms with Gasteiger partial charge in [-0.25, -0.2) is 9.59 Å². The molecule has 10 N–H and O–H groups in total. The van der Waals surface area contributed by atoms with Crippen LogP contribution >= 0.6 is 0 Å². The molecule has 0 saturated carbocycles. The molecule has 156 valence electrons. The van der Waals surface area contributed by atoms with Gasteiger partial charge in [0.25, 0.3) is 0 Å². The summed E-state index contributed by atoms with van der Waals surface area (Å²) in [5.41, 5.74) is -2.74. The van der Waals surface area contributed by atoms with Crippen molar-refractivity contribution in [2.24, 2.45) is 0 Å². The first kappa shape index (κ1) is 35.1. The van der Waals surface area contributed by atoms with Gasteiger partial charge in [0, 0.05) is 0 Å². The topological polar surface area (TPSA) is 271 Å². The first-order chi connectivity index (χ1) is 11.7. The summed E-state index contributed by atoms with van der Waals surface area (Å²) in [5, 5.41) is 85.6. The van der Waals surface area contributed by atoms with Crippen LogP contribution in [0.1, 0.15) is 15.7 Å². The van der Waals surface area contributed by atoms with E-state index in [1.807, 2.05) is 0 Å². The van der Waals surface area contributed by atoms with Crippen LogP contribution in [0.15, 0.2) is 0 Å². The Bertz CT molecular complexity index is 507. The molecule has 0 radical (unpaired) electrons. The van der Waals surface area contributed by atoms with E-state index in [-0.39, 0.29) is 62.0 Å². The molecule has 0 heterocycles. The van der Waals surface area contributed by atoms with E-state index in [2.05, 4.69) is 0 Å². The maximum absolute atomic E-state index is 10.3. The molecule has 28 heavy (non-hydrogen) atoms. The van der Waals surface area contributed by atoms with Gasteiger partial charge in [-0.05, 0) is 0 Å². The minimum Gasteiger partial charge on any atom is -1.00 e. The van der Waals surface area contributed by atoms with E-state index >= 15 is 0 Å². The van der Waals surface area contributed by atoms with E-state index in [9.17, 15) is 19.2 Å². The minimum atomic E-state index is -2.74. The average Bonchev–Trinajstić information content (AvgIpc) is 2.50. The molecule has 0 aliphatic carbocycles. The van der Waals surface area contributed by atoms with Crippen LogP contribution in [0.3, 0.4) is 0 Å². The summed E-state index contributed by atoms with van der Waals surface area (Å²) in [6.07, 6.45) is -10.1. The number of aliphatic carboxylic acids is 4. The molecule has 0 bridgehead atoms. The number of aliphatic hydroxyl groups excluding tert-OH is 5. The Hall–Kier alpha value is -0.360. The van der Waals surface area contributed by atoms with Gasteiger partial charge >= 0.3 is 83.0 Å². The Morgan fingerprint density at radius 1 is 0.786 bits per heavy atom. The molecule has 0 amide bonds. The molecule has 0 aromatic carbocycles. The Morgan fingerprint density at radius 2 is 1.14 bits per heavy atom. The van der Waals surface area contributed by atoms with Gasteiger partial charge in [0.2, 0.25) is 0 Å². The molecule has 14 nitrogen and oxygen atoms in total. The molecule has 4 atom stereocenters. The van der Waals surface area contributed by atoms with Crippen LogP contribution < -0.4 is 59.1 Å². The van der Waals surface area contributed by atoms with E-state index in [0.717, 1.165) is 0 Å². The average molecular weight is 436 g/mol. The van der Waals surface area contributed by atoms with Crippen LogP contribution in [0.25, 0.3) is 0 Å². The van der Waals surface area contributed by atoms with E-state index in [1.54, 1.807) is 0 Å². The van der Waals surface area contributed by atoms with Crippen LogP contribution in [-0.2, 0) is 19.2 Å². The molecule has 0 aromatic rings. The Kier molecular flexibility index (Phi) is 20.6. The zero-order valence-corrected chi connectivity index (χ0v) is 19.0. The van der Waals surface area contributed by atoms with Crippen LogP contribution in [0.2, 0.25) is 0 Å². The van der Waals surface area contributed by atoms with Gasteiger partial charge in [-0.2, -0.15) is 0 Å². The van der Waals surface area contributed by atoms with Crippen molar-refractivity contribution in [3.63, 3.8) is 0 Å². The fourth-order valence-electron chi connectivity index (χ4n) is 1.38. The summed E-state index contributed by atoms with van der Waals surface area (Å²) < 4.78 is 0. The fraction of sp³-hybridized carbons (Fsp3) is 0.667. The first-order valence-corrected chi connectivity index (χ1v) is 6.64. The van der Waals surface area contributed by atoms with Crippen molar-refractivity contribution in [3.05, 3.63) is 0 Å². The summed E-state index contributed by atoms with van der Waals surface area (Å²) in [5.74, 6) is -6.74. The summed E-state index contributed by atoms with van der Waals surface area (Å²) in [6, 6.07) is 0. The number of hydrogen-bond acceptors (Lipinski definition) is 10. The standard InChI is InChI=1S/C6H8O7.C6H12O7.2Na.2H/c7-3(8)1-6(13,5(11)12)2-4(9)10;7-1-2(8)3(9)4(10)5(11)6(12)13;;;;/h13H,1-2H2,(H,7,8)(H,9,10)(H,11,12);2-5,7-11H,1H2,(H,12,13);;;;/q;;2*+1;2*-1/t;2-,3-,4+,5-;;;;/m.1..../s1. The molecule has 0 fully saturated rings. The molecule has 0 aliphatic heterocycles. The molecule has 0 spiro atoms. The monoisotopic (exact) mass is 436 g/mol. The Balaban J connectivity index is -0.0000000847. The van der Waals surface area contributed by atoms with Gasteiger partial charge in [0.1, 0.15) is 18.3 Å². The largest absolute Gasteiger partial charge is 1.00 e. The molecule has 0 rings (SSSR count). The van der Waals surface area contributed by atoms with Crippen LogP contribution in [0.5, 0.6) is 0 Å².